The Bertz CT molecular complexity index is 626. The number of nitrogen functional groups attached to an aromatic ring is 1. The SMILES string of the molecule is Cc1ccc(N)c(C)c1S(=O)(=O)N1CCCC(N(C)C)C1. The Kier molecular flexibility index (Phi) is 4.60. The second-order valence-electron chi connectivity index (χ2n) is 6.05. The van der Waals surface area contributed by atoms with E-state index in [1.807, 2.05) is 21.0 Å². The maximum atomic E-state index is 13.0. The molecule has 0 saturated carbocycles. The fourth-order valence-electron chi connectivity index (χ4n) is 2.93. The minimum atomic E-state index is -3.49. The average Bonchev–Trinajstić information content (AvgIpc) is 2.43. The first-order valence-corrected chi connectivity index (χ1v) is 8.71. The molecule has 5 nitrogen and oxygen atoms in total. The molecule has 1 aliphatic heterocycles. The third-order valence-corrected chi connectivity index (χ3v) is 6.49. The second kappa shape index (κ2) is 5.94. The van der Waals surface area contributed by atoms with E-state index >= 15 is 0 Å². The highest BCUT2D eigenvalue weighted by Crippen LogP contribution is 2.29. The van der Waals surface area contributed by atoms with E-state index in [1.165, 1.54) is 0 Å². The van der Waals surface area contributed by atoms with Crippen LogP contribution < -0.4 is 5.73 Å². The zero-order valence-electron chi connectivity index (χ0n) is 13.3. The van der Waals surface area contributed by atoms with E-state index in [1.54, 1.807) is 23.4 Å². The Balaban J connectivity index is 2.41. The summed E-state index contributed by atoms with van der Waals surface area (Å²) in [6, 6.07) is 3.82. The number of anilines is 1. The number of hydrogen-bond donors (Lipinski definition) is 1. The Morgan fingerprint density at radius 2 is 1.95 bits per heavy atom. The van der Waals surface area contributed by atoms with E-state index in [-0.39, 0.29) is 6.04 Å². The van der Waals surface area contributed by atoms with Gasteiger partial charge < -0.3 is 10.6 Å². The summed E-state index contributed by atoms with van der Waals surface area (Å²) >= 11 is 0. The van der Waals surface area contributed by atoms with Crippen molar-refractivity contribution in [3.8, 4) is 0 Å². The van der Waals surface area contributed by atoms with Gasteiger partial charge in [0.15, 0.2) is 0 Å². The van der Waals surface area contributed by atoms with Crippen LogP contribution in [0.2, 0.25) is 0 Å². The molecule has 1 aromatic carbocycles. The van der Waals surface area contributed by atoms with Crippen LogP contribution in [0.25, 0.3) is 0 Å². The number of benzene rings is 1. The topological polar surface area (TPSA) is 66.6 Å². The predicted octanol–water partition coefficient (Wildman–Crippen LogP) is 1.60. The number of rotatable bonds is 3. The van der Waals surface area contributed by atoms with Gasteiger partial charge in [0.05, 0.1) is 4.90 Å². The van der Waals surface area contributed by atoms with E-state index < -0.39 is 10.0 Å². The summed E-state index contributed by atoms with van der Waals surface area (Å²) in [5, 5.41) is 0. The lowest BCUT2D eigenvalue weighted by Crippen LogP contribution is -2.47. The molecule has 0 aliphatic carbocycles. The summed E-state index contributed by atoms with van der Waals surface area (Å²) in [5.74, 6) is 0. The summed E-state index contributed by atoms with van der Waals surface area (Å²) in [6.45, 7) is 4.73. The lowest BCUT2D eigenvalue weighted by molar-refractivity contribution is 0.190. The van der Waals surface area contributed by atoms with Gasteiger partial charge in [-0.05, 0) is 58.0 Å². The predicted molar refractivity (Wildman–Crippen MR) is 85.8 cm³/mol. The summed E-state index contributed by atoms with van der Waals surface area (Å²) in [5.41, 5.74) is 7.84. The van der Waals surface area contributed by atoms with E-state index in [0.717, 1.165) is 18.4 Å². The first-order valence-electron chi connectivity index (χ1n) is 7.27. The highest BCUT2D eigenvalue weighted by Gasteiger charge is 2.33. The van der Waals surface area contributed by atoms with Gasteiger partial charge in [0.25, 0.3) is 0 Å². The molecule has 2 N–H and O–H groups in total. The maximum Gasteiger partial charge on any atom is 0.243 e. The van der Waals surface area contributed by atoms with Gasteiger partial charge in [0, 0.05) is 24.8 Å². The number of aryl methyl sites for hydroxylation is 1. The van der Waals surface area contributed by atoms with Crippen LogP contribution in [0.4, 0.5) is 5.69 Å². The molecule has 1 heterocycles. The molecule has 118 valence electrons. The zero-order chi connectivity index (χ0) is 15.8. The first kappa shape index (κ1) is 16.3. The van der Waals surface area contributed by atoms with E-state index in [0.29, 0.717) is 29.2 Å². The van der Waals surface area contributed by atoms with Gasteiger partial charge in [0.1, 0.15) is 0 Å². The van der Waals surface area contributed by atoms with Crippen molar-refractivity contribution in [2.24, 2.45) is 0 Å². The summed E-state index contributed by atoms with van der Waals surface area (Å²) < 4.78 is 27.6. The van der Waals surface area contributed by atoms with Gasteiger partial charge in [-0.25, -0.2) is 8.42 Å². The maximum absolute atomic E-state index is 13.0. The Morgan fingerprint density at radius 3 is 2.57 bits per heavy atom. The van der Waals surface area contributed by atoms with Gasteiger partial charge in [0.2, 0.25) is 10.0 Å². The van der Waals surface area contributed by atoms with Crippen molar-refractivity contribution in [3.63, 3.8) is 0 Å². The van der Waals surface area contributed by atoms with Crippen molar-refractivity contribution in [2.45, 2.75) is 37.6 Å². The van der Waals surface area contributed by atoms with Crippen molar-refractivity contribution in [3.05, 3.63) is 23.3 Å². The van der Waals surface area contributed by atoms with Crippen LogP contribution in [0.1, 0.15) is 24.0 Å². The van der Waals surface area contributed by atoms with Gasteiger partial charge in [-0.15, -0.1) is 0 Å². The third-order valence-electron chi connectivity index (χ3n) is 4.33. The molecule has 0 amide bonds. The molecule has 1 fully saturated rings. The normalized spacial score (nSPS) is 20.9. The monoisotopic (exact) mass is 311 g/mol. The molecule has 1 aliphatic rings. The van der Waals surface area contributed by atoms with E-state index in [2.05, 4.69) is 4.90 Å². The summed E-state index contributed by atoms with van der Waals surface area (Å²) in [4.78, 5) is 2.47. The molecular weight excluding hydrogens is 286 g/mol. The van der Waals surface area contributed by atoms with E-state index in [4.69, 9.17) is 5.73 Å². The van der Waals surface area contributed by atoms with Crippen molar-refractivity contribution >= 4 is 15.7 Å². The molecule has 6 heteroatoms. The first-order chi connectivity index (χ1) is 9.75. The molecular formula is C15H25N3O2S. The standard InChI is InChI=1S/C15H25N3O2S/c1-11-7-8-14(16)12(2)15(11)21(19,20)18-9-5-6-13(10-18)17(3)4/h7-8,13H,5-6,9-10,16H2,1-4H3. The van der Waals surface area contributed by atoms with Crippen LogP contribution in [0.5, 0.6) is 0 Å². The molecule has 0 bridgehead atoms. The number of hydrogen-bond acceptors (Lipinski definition) is 4. The van der Waals surface area contributed by atoms with Crippen molar-refractivity contribution in [1.29, 1.82) is 0 Å². The number of nitrogens with zero attached hydrogens (tertiary/aromatic N) is 2. The van der Waals surface area contributed by atoms with E-state index in [9.17, 15) is 8.42 Å². The van der Waals surface area contributed by atoms with Crippen LogP contribution in [-0.4, -0.2) is 50.8 Å². The quantitative estimate of drug-likeness (QED) is 0.861. The van der Waals surface area contributed by atoms with Crippen LogP contribution in [0.3, 0.4) is 0 Å². The minimum Gasteiger partial charge on any atom is -0.398 e. The highest BCUT2D eigenvalue weighted by atomic mass is 32.2. The molecule has 2 rings (SSSR count). The Morgan fingerprint density at radius 1 is 1.29 bits per heavy atom. The van der Waals surface area contributed by atoms with Gasteiger partial charge >= 0.3 is 0 Å². The molecule has 0 radical (unpaired) electrons. The van der Waals surface area contributed by atoms with Crippen LogP contribution in [-0.2, 0) is 10.0 Å². The fraction of sp³-hybridized carbons (Fsp3) is 0.600. The van der Waals surface area contributed by atoms with Crippen LogP contribution in [0.15, 0.2) is 17.0 Å². The van der Waals surface area contributed by atoms with Crippen LogP contribution in [0, 0.1) is 13.8 Å². The largest absolute Gasteiger partial charge is 0.398 e. The lowest BCUT2D eigenvalue weighted by atomic mass is 10.1. The molecule has 1 saturated heterocycles. The molecule has 0 aromatic heterocycles. The average molecular weight is 311 g/mol. The number of likely N-dealkylation sites (N-methyl/N-ethyl adjacent to an activating group) is 1. The van der Waals surface area contributed by atoms with Crippen molar-refractivity contribution in [1.82, 2.24) is 9.21 Å². The smallest absolute Gasteiger partial charge is 0.243 e. The lowest BCUT2D eigenvalue weighted by Gasteiger charge is -2.35. The number of sulfonamides is 1. The summed E-state index contributed by atoms with van der Waals surface area (Å²) in [7, 11) is 0.510. The Labute approximate surface area is 127 Å². The molecule has 0 spiro atoms. The van der Waals surface area contributed by atoms with Gasteiger partial charge in [-0.1, -0.05) is 6.07 Å². The second-order valence-corrected chi connectivity index (χ2v) is 7.92. The fourth-order valence-corrected chi connectivity index (χ4v) is 4.90. The Hall–Kier alpha value is -1.11. The molecule has 1 aromatic rings. The number of nitrogens with two attached hydrogens (primary N) is 1. The van der Waals surface area contributed by atoms with Gasteiger partial charge in [-0.3, -0.25) is 0 Å². The van der Waals surface area contributed by atoms with Crippen LogP contribution >= 0.6 is 0 Å². The van der Waals surface area contributed by atoms with Crippen molar-refractivity contribution in [2.75, 3.05) is 32.9 Å². The number of piperidine rings is 1. The zero-order valence-corrected chi connectivity index (χ0v) is 14.1. The molecule has 1 atom stereocenters. The third kappa shape index (κ3) is 3.07. The molecule has 21 heavy (non-hydrogen) atoms. The minimum absolute atomic E-state index is 0.273. The summed E-state index contributed by atoms with van der Waals surface area (Å²) in [6.07, 6.45) is 1.93. The molecule has 1 unspecified atom stereocenters. The van der Waals surface area contributed by atoms with Gasteiger partial charge in [-0.2, -0.15) is 4.31 Å². The highest BCUT2D eigenvalue weighted by molar-refractivity contribution is 7.89. The van der Waals surface area contributed by atoms with Crippen molar-refractivity contribution < 1.29 is 8.42 Å².